The summed E-state index contributed by atoms with van der Waals surface area (Å²) in [5.74, 6) is 0.0431. The van der Waals surface area contributed by atoms with Gasteiger partial charge in [-0.1, -0.05) is 18.2 Å². The second-order valence-electron chi connectivity index (χ2n) is 9.71. The molecule has 0 spiro atoms. The first kappa shape index (κ1) is 26.4. The van der Waals surface area contributed by atoms with Crippen LogP contribution in [0.3, 0.4) is 0 Å². The average molecular weight is 561 g/mol. The second-order valence-corrected chi connectivity index (χ2v) is 9.71. The summed E-state index contributed by atoms with van der Waals surface area (Å²) < 4.78 is 18.6. The van der Waals surface area contributed by atoms with Crippen LogP contribution in [0.5, 0.6) is 17.2 Å². The first-order valence-electron chi connectivity index (χ1n) is 13.1. The number of imide groups is 2. The monoisotopic (exact) mass is 560 g/mol. The highest BCUT2D eigenvalue weighted by atomic mass is 16.7. The maximum atomic E-state index is 13.4. The number of ether oxygens (including phenoxy) is 3. The van der Waals surface area contributed by atoms with Crippen molar-refractivity contribution in [3.63, 3.8) is 0 Å². The van der Waals surface area contributed by atoms with E-state index in [2.05, 4.69) is 11.4 Å². The number of aryl methyl sites for hydroxylation is 1. The van der Waals surface area contributed by atoms with E-state index in [0.717, 1.165) is 27.5 Å². The number of carbonyl (C=O) groups excluding carboxylic acids is 3. The van der Waals surface area contributed by atoms with Gasteiger partial charge in [-0.05, 0) is 74.0 Å². The van der Waals surface area contributed by atoms with Crippen molar-refractivity contribution in [1.82, 2.24) is 9.88 Å². The molecule has 6 rings (SSSR count). The zero-order valence-electron chi connectivity index (χ0n) is 22.7. The number of barbiturate groups is 1. The molecule has 0 unspecified atom stereocenters. The molecule has 3 aromatic carbocycles. The Kier molecular flexibility index (Phi) is 6.68. The van der Waals surface area contributed by atoms with Crippen molar-refractivity contribution in [2.75, 3.05) is 11.7 Å². The van der Waals surface area contributed by atoms with Gasteiger partial charge < -0.3 is 18.8 Å². The minimum absolute atomic E-state index is 0.0464. The molecule has 0 atom stereocenters. The van der Waals surface area contributed by atoms with Gasteiger partial charge in [0.2, 0.25) is 6.79 Å². The molecule has 2 aliphatic heterocycles. The van der Waals surface area contributed by atoms with Crippen LogP contribution in [-0.2, 0) is 16.2 Å². The number of urea groups is 1. The quantitative estimate of drug-likeness (QED) is 0.262. The van der Waals surface area contributed by atoms with Gasteiger partial charge in [0.25, 0.3) is 11.8 Å². The van der Waals surface area contributed by atoms with Gasteiger partial charge in [0, 0.05) is 28.7 Å². The van der Waals surface area contributed by atoms with Crippen molar-refractivity contribution >= 4 is 29.6 Å². The van der Waals surface area contributed by atoms with Crippen molar-refractivity contribution in [3.05, 3.63) is 106 Å². The van der Waals surface area contributed by atoms with Crippen molar-refractivity contribution in [2.45, 2.75) is 20.5 Å². The number of rotatable bonds is 6. The van der Waals surface area contributed by atoms with E-state index in [4.69, 9.17) is 14.2 Å². The lowest BCUT2D eigenvalue weighted by Gasteiger charge is -2.26. The Morgan fingerprint density at radius 2 is 1.69 bits per heavy atom. The zero-order chi connectivity index (χ0) is 29.4. The number of nitrogens with zero attached hydrogens (tertiary/aromatic N) is 3. The van der Waals surface area contributed by atoms with Gasteiger partial charge in [0.1, 0.15) is 17.9 Å². The van der Waals surface area contributed by atoms with E-state index in [1.165, 1.54) is 12.1 Å². The highest BCUT2D eigenvalue weighted by molar-refractivity contribution is 6.39. The minimum Gasteiger partial charge on any atom is -0.489 e. The Labute approximate surface area is 240 Å². The summed E-state index contributed by atoms with van der Waals surface area (Å²) in [6.45, 7) is 4.12. The van der Waals surface area contributed by atoms with Crippen LogP contribution < -0.4 is 24.4 Å². The van der Waals surface area contributed by atoms with Crippen molar-refractivity contribution in [3.8, 4) is 29.0 Å². The molecule has 0 aliphatic carbocycles. The zero-order valence-corrected chi connectivity index (χ0v) is 22.7. The number of hydrogen-bond acceptors (Lipinski definition) is 7. The van der Waals surface area contributed by atoms with Gasteiger partial charge in [-0.15, -0.1) is 0 Å². The maximum Gasteiger partial charge on any atom is 0.335 e. The molecule has 10 nitrogen and oxygen atoms in total. The first-order valence-corrected chi connectivity index (χ1v) is 13.1. The largest absolute Gasteiger partial charge is 0.489 e. The van der Waals surface area contributed by atoms with Gasteiger partial charge in [0.15, 0.2) is 11.5 Å². The van der Waals surface area contributed by atoms with Crippen LogP contribution in [0.15, 0.2) is 78.4 Å². The lowest BCUT2D eigenvalue weighted by molar-refractivity contribution is -0.122. The molecule has 1 saturated heterocycles. The van der Waals surface area contributed by atoms with Gasteiger partial charge in [0.05, 0.1) is 17.3 Å². The molecule has 1 N–H and O–H groups in total. The average Bonchev–Trinajstić information content (AvgIpc) is 3.57. The molecule has 2 aliphatic rings. The fraction of sp³-hybridized carbons (Fsp3) is 0.125. The predicted molar refractivity (Wildman–Crippen MR) is 152 cm³/mol. The van der Waals surface area contributed by atoms with Crippen molar-refractivity contribution < 1.29 is 28.6 Å². The number of nitrogens with one attached hydrogen (secondary N) is 1. The lowest BCUT2D eigenvalue weighted by Crippen LogP contribution is -2.54. The highest BCUT2D eigenvalue weighted by Crippen LogP contribution is 2.36. The molecule has 3 heterocycles. The highest BCUT2D eigenvalue weighted by Gasteiger charge is 2.37. The summed E-state index contributed by atoms with van der Waals surface area (Å²) in [6, 6.07) is 22.7. The van der Waals surface area contributed by atoms with Crippen LogP contribution in [0, 0.1) is 25.2 Å². The summed E-state index contributed by atoms with van der Waals surface area (Å²) in [6.07, 6.45) is 1.49. The van der Waals surface area contributed by atoms with Crippen LogP contribution in [-0.4, -0.2) is 29.2 Å². The fourth-order valence-electron chi connectivity index (χ4n) is 5.01. The summed E-state index contributed by atoms with van der Waals surface area (Å²) in [7, 11) is 0. The number of amides is 4. The van der Waals surface area contributed by atoms with Crippen molar-refractivity contribution in [1.29, 1.82) is 5.26 Å². The molecule has 0 bridgehead atoms. The number of anilines is 1. The Morgan fingerprint density at radius 3 is 2.48 bits per heavy atom. The topological polar surface area (TPSA) is 123 Å². The van der Waals surface area contributed by atoms with E-state index in [1.54, 1.807) is 18.2 Å². The van der Waals surface area contributed by atoms with E-state index in [9.17, 15) is 19.6 Å². The van der Waals surface area contributed by atoms with Gasteiger partial charge in [-0.2, -0.15) is 5.26 Å². The molecule has 0 saturated carbocycles. The van der Waals surface area contributed by atoms with Crippen LogP contribution in [0.1, 0.15) is 28.1 Å². The maximum absolute atomic E-state index is 13.4. The van der Waals surface area contributed by atoms with Crippen LogP contribution in [0.25, 0.3) is 11.8 Å². The third-order valence-corrected chi connectivity index (χ3v) is 7.11. The summed E-state index contributed by atoms with van der Waals surface area (Å²) in [5, 5.41) is 11.5. The molecule has 1 fully saturated rings. The fourth-order valence-corrected chi connectivity index (χ4v) is 5.01. The third-order valence-electron chi connectivity index (χ3n) is 7.11. The SMILES string of the molecule is Cc1cc(/C=C2\C(=O)NC(=O)N(c3ccc4c(c3)OCO4)C2=O)c(C)n1-c1ccc(OCc2ccccc2C#N)cc1. The second kappa shape index (κ2) is 10.6. The standard InChI is InChI=1S/C32H24N4O6/c1-19-13-23(14-27-30(37)34-32(39)36(31(27)38)25-9-12-28-29(15-25)42-18-41-28)20(2)35(19)24-7-10-26(11-8-24)40-17-22-6-4-3-5-21(22)16-33/h3-15H,17-18H2,1-2H3,(H,34,37,39)/b27-14+. The molecule has 42 heavy (non-hydrogen) atoms. The summed E-state index contributed by atoms with van der Waals surface area (Å²) in [5.41, 5.74) is 4.64. The van der Waals surface area contributed by atoms with Crippen LogP contribution in [0.2, 0.25) is 0 Å². The molecule has 0 radical (unpaired) electrons. The Bertz CT molecular complexity index is 1830. The molecule has 208 valence electrons. The smallest absolute Gasteiger partial charge is 0.335 e. The van der Waals surface area contributed by atoms with E-state index >= 15 is 0 Å². The lowest BCUT2D eigenvalue weighted by atomic mass is 10.1. The predicted octanol–water partition coefficient (Wildman–Crippen LogP) is 4.94. The molecule has 10 heteroatoms. The van der Waals surface area contributed by atoms with E-state index in [-0.39, 0.29) is 24.7 Å². The molecule has 1 aromatic heterocycles. The van der Waals surface area contributed by atoms with Gasteiger partial charge >= 0.3 is 6.03 Å². The van der Waals surface area contributed by atoms with Crippen molar-refractivity contribution in [2.24, 2.45) is 0 Å². The Hall–Kier alpha value is -5.82. The number of nitriles is 1. The molecular formula is C32H24N4O6. The number of aromatic nitrogens is 1. The Morgan fingerprint density at radius 1 is 0.952 bits per heavy atom. The number of fused-ring (bicyclic) bond motifs is 1. The third kappa shape index (κ3) is 4.73. The van der Waals surface area contributed by atoms with Crippen LogP contribution in [0.4, 0.5) is 10.5 Å². The molecule has 4 amide bonds. The van der Waals surface area contributed by atoms with E-state index < -0.39 is 17.8 Å². The summed E-state index contributed by atoms with van der Waals surface area (Å²) in [4.78, 5) is 39.8. The van der Waals surface area contributed by atoms with E-state index in [0.29, 0.717) is 28.4 Å². The van der Waals surface area contributed by atoms with E-state index in [1.807, 2.05) is 66.9 Å². The molecule has 4 aromatic rings. The minimum atomic E-state index is -0.843. The number of hydrogen-bond donors (Lipinski definition) is 1. The molecular weight excluding hydrogens is 536 g/mol. The number of benzene rings is 3. The van der Waals surface area contributed by atoms with Gasteiger partial charge in [-0.3, -0.25) is 14.9 Å². The summed E-state index contributed by atoms with van der Waals surface area (Å²) >= 11 is 0. The number of carbonyl (C=O) groups is 3. The normalized spacial score (nSPS) is 15.1. The first-order chi connectivity index (χ1) is 20.3. The van der Waals surface area contributed by atoms with Crippen LogP contribution >= 0.6 is 0 Å². The van der Waals surface area contributed by atoms with Gasteiger partial charge in [-0.25, -0.2) is 9.69 Å². The Balaban J connectivity index is 1.25.